The third-order valence-corrected chi connectivity index (χ3v) is 3.72. The van der Waals surface area contributed by atoms with E-state index in [1.54, 1.807) is 0 Å². The van der Waals surface area contributed by atoms with Crippen molar-refractivity contribution in [2.45, 2.75) is 44.4 Å². The lowest BCUT2D eigenvalue weighted by molar-refractivity contribution is -0.243. The summed E-state index contributed by atoms with van der Waals surface area (Å²) in [6.07, 6.45) is -7.09. The Labute approximate surface area is 142 Å². The fourth-order valence-electron chi connectivity index (χ4n) is 2.62. The van der Waals surface area contributed by atoms with Gasteiger partial charge in [-0.05, 0) is 18.2 Å². The van der Waals surface area contributed by atoms with Crippen molar-refractivity contribution in [2.75, 3.05) is 6.61 Å². The number of aliphatic hydroxyl groups excluding tert-OH is 2. The Hall–Kier alpha value is -2.23. The number of aliphatic hydroxyl groups is 2. The summed E-state index contributed by atoms with van der Waals surface area (Å²) in [6.45, 7) is 1.87. The van der Waals surface area contributed by atoms with Crippen LogP contribution in [0.4, 0.5) is 4.39 Å². The number of carbonyl (C=O) groups is 2. The van der Waals surface area contributed by atoms with E-state index in [2.05, 4.69) is 0 Å². The summed E-state index contributed by atoms with van der Waals surface area (Å²) in [5.74, 6) is -2.41. The van der Waals surface area contributed by atoms with Crippen LogP contribution in [0.25, 0.3) is 0 Å². The van der Waals surface area contributed by atoms with Crippen LogP contribution in [0, 0.1) is 5.82 Å². The van der Waals surface area contributed by atoms with E-state index in [9.17, 15) is 29.3 Å². The molecule has 3 N–H and O–H groups in total. The highest BCUT2D eigenvalue weighted by Crippen LogP contribution is 2.36. The second-order valence-electron chi connectivity index (χ2n) is 5.66. The van der Waals surface area contributed by atoms with Gasteiger partial charge >= 0.3 is 11.9 Å². The first-order chi connectivity index (χ1) is 11.7. The maximum atomic E-state index is 14.0. The van der Waals surface area contributed by atoms with Gasteiger partial charge in [0.15, 0.2) is 6.10 Å². The number of hydrogen-bond acceptors (Lipinski definition) is 8. The molecule has 1 aromatic carbocycles. The number of rotatable bonds is 4. The molecule has 9 heteroatoms. The van der Waals surface area contributed by atoms with Crippen molar-refractivity contribution < 1.29 is 43.5 Å². The molecule has 0 radical (unpaired) electrons. The van der Waals surface area contributed by atoms with E-state index in [1.165, 1.54) is 0 Å². The molecule has 0 aliphatic carbocycles. The molecule has 1 fully saturated rings. The monoisotopic (exact) mass is 358 g/mol. The molecule has 0 bridgehead atoms. The number of aromatic hydroxyl groups is 1. The standard InChI is InChI=1S/C16H19FO8/c1-7(18)23-6-12-16(24-8(2)19)14(22)13(21)15(25-12)10-5-9(20)3-4-11(10)17/h3-5,12-16,20-22H,6H2,1-2H3/t12-,13+,14-,15-,16+/m1/s1. The lowest BCUT2D eigenvalue weighted by Crippen LogP contribution is -2.57. The smallest absolute Gasteiger partial charge is 0.303 e. The van der Waals surface area contributed by atoms with Crippen LogP contribution in [-0.2, 0) is 23.8 Å². The Kier molecular flexibility index (Phi) is 5.93. The van der Waals surface area contributed by atoms with E-state index < -0.39 is 48.3 Å². The Morgan fingerprint density at radius 1 is 1.20 bits per heavy atom. The van der Waals surface area contributed by atoms with Crippen LogP contribution in [0.1, 0.15) is 25.5 Å². The molecule has 1 heterocycles. The first kappa shape index (κ1) is 19.1. The number of esters is 2. The molecule has 1 aliphatic heterocycles. The lowest BCUT2D eigenvalue weighted by Gasteiger charge is -2.42. The van der Waals surface area contributed by atoms with Crippen LogP contribution in [0.3, 0.4) is 0 Å². The zero-order valence-corrected chi connectivity index (χ0v) is 13.6. The molecule has 138 valence electrons. The van der Waals surface area contributed by atoms with Gasteiger partial charge < -0.3 is 29.5 Å². The highest BCUT2D eigenvalue weighted by atomic mass is 19.1. The van der Waals surface area contributed by atoms with E-state index in [-0.39, 0.29) is 17.9 Å². The molecule has 2 rings (SSSR count). The summed E-state index contributed by atoms with van der Waals surface area (Å²) in [5.41, 5.74) is -0.194. The van der Waals surface area contributed by atoms with E-state index in [4.69, 9.17) is 14.2 Å². The number of ether oxygens (including phenoxy) is 3. The van der Waals surface area contributed by atoms with Gasteiger partial charge in [0.2, 0.25) is 0 Å². The number of hydrogen-bond donors (Lipinski definition) is 3. The van der Waals surface area contributed by atoms with Crippen molar-refractivity contribution in [1.29, 1.82) is 0 Å². The summed E-state index contributed by atoms with van der Waals surface area (Å²) >= 11 is 0. The van der Waals surface area contributed by atoms with Gasteiger partial charge in [0.1, 0.15) is 42.6 Å². The van der Waals surface area contributed by atoms with Crippen molar-refractivity contribution >= 4 is 11.9 Å². The van der Waals surface area contributed by atoms with Gasteiger partial charge in [-0.25, -0.2) is 4.39 Å². The number of carbonyl (C=O) groups excluding carboxylic acids is 2. The molecule has 1 saturated heterocycles. The van der Waals surface area contributed by atoms with Gasteiger partial charge in [-0.1, -0.05) is 0 Å². The maximum Gasteiger partial charge on any atom is 0.303 e. The largest absolute Gasteiger partial charge is 0.508 e. The van der Waals surface area contributed by atoms with Crippen molar-refractivity contribution in [2.24, 2.45) is 0 Å². The van der Waals surface area contributed by atoms with Crippen molar-refractivity contribution in [3.8, 4) is 5.75 Å². The average Bonchev–Trinajstić information content (AvgIpc) is 2.53. The van der Waals surface area contributed by atoms with E-state index >= 15 is 0 Å². The van der Waals surface area contributed by atoms with Crippen LogP contribution in [0.2, 0.25) is 0 Å². The molecule has 25 heavy (non-hydrogen) atoms. The van der Waals surface area contributed by atoms with E-state index in [1.807, 2.05) is 0 Å². The predicted octanol–water partition coefficient (Wildman–Crippen LogP) is 0.188. The van der Waals surface area contributed by atoms with Crippen LogP contribution in [-0.4, -0.2) is 58.3 Å². The first-order valence-corrected chi connectivity index (χ1v) is 7.51. The van der Waals surface area contributed by atoms with Crippen LogP contribution < -0.4 is 0 Å². The number of benzene rings is 1. The quantitative estimate of drug-likeness (QED) is 0.652. The minimum Gasteiger partial charge on any atom is -0.508 e. The predicted molar refractivity (Wildman–Crippen MR) is 79.9 cm³/mol. The SMILES string of the molecule is CC(=O)OC[C@H]1O[C@H](c2cc(O)ccc2F)[C@@H](O)[C@@H](O)[C@H]1OC(C)=O. The topological polar surface area (TPSA) is 123 Å². The van der Waals surface area contributed by atoms with Gasteiger partial charge in [0.25, 0.3) is 0 Å². The highest BCUT2D eigenvalue weighted by Gasteiger charge is 2.48. The lowest BCUT2D eigenvalue weighted by atomic mass is 9.90. The van der Waals surface area contributed by atoms with Gasteiger partial charge in [-0.15, -0.1) is 0 Å². The van der Waals surface area contributed by atoms with E-state index in [0.717, 1.165) is 32.0 Å². The summed E-state index contributed by atoms with van der Waals surface area (Å²) in [7, 11) is 0. The molecule has 0 amide bonds. The normalized spacial score (nSPS) is 29.1. The minimum atomic E-state index is -1.64. The first-order valence-electron chi connectivity index (χ1n) is 7.51. The highest BCUT2D eigenvalue weighted by molar-refractivity contribution is 5.66. The molecule has 0 unspecified atom stereocenters. The van der Waals surface area contributed by atoms with Crippen molar-refractivity contribution in [3.63, 3.8) is 0 Å². The van der Waals surface area contributed by atoms with Crippen LogP contribution >= 0.6 is 0 Å². The fourth-order valence-corrected chi connectivity index (χ4v) is 2.62. The number of halogens is 1. The third-order valence-electron chi connectivity index (χ3n) is 3.72. The van der Waals surface area contributed by atoms with Gasteiger partial charge in [0.05, 0.1) is 0 Å². The zero-order valence-electron chi connectivity index (χ0n) is 13.6. The average molecular weight is 358 g/mol. The molecule has 0 aromatic heterocycles. The maximum absolute atomic E-state index is 14.0. The zero-order chi connectivity index (χ0) is 18.7. The Bertz CT molecular complexity index is 649. The summed E-state index contributed by atoms with van der Waals surface area (Å²) < 4.78 is 29.4. The minimum absolute atomic E-state index is 0.194. The molecule has 5 atom stereocenters. The number of phenolic OH excluding ortho intramolecular Hbond substituents is 1. The van der Waals surface area contributed by atoms with Gasteiger partial charge in [-0.3, -0.25) is 9.59 Å². The molecule has 8 nitrogen and oxygen atoms in total. The molecule has 0 saturated carbocycles. The molecule has 1 aromatic rings. The fraction of sp³-hybridized carbons (Fsp3) is 0.500. The van der Waals surface area contributed by atoms with E-state index in [0.29, 0.717) is 0 Å². The second-order valence-corrected chi connectivity index (χ2v) is 5.66. The summed E-state index contributed by atoms with van der Waals surface area (Å²) in [4.78, 5) is 22.2. The Morgan fingerprint density at radius 2 is 1.88 bits per heavy atom. The second kappa shape index (κ2) is 7.77. The molecule has 1 aliphatic rings. The van der Waals surface area contributed by atoms with Gasteiger partial charge in [-0.2, -0.15) is 0 Å². The third kappa shape index (κ3) is 4.44. The number of phenols is 1. The summed E-state index contributed by atoms with van der Waals surface area (Å²) in [6, 6.07) is 3.14. The van der Waals surface area contributed by atoms with Crippen molar-refractivity contribution in [1.82, 2.24) is 0 Å². The molecular weight excluding hydrogens is 339 g/mol. The Balaban J connectivity index is 2.32. The van der Waals surface area contributed by atoms with Gasteiger partial charge in [0, 0.05) is 19.4 Å². The summed E-state index contributed by atoms with van der Waals surface area (Å²) in [5, 5.41) is 30.1. The molecule has 0 spiro atoms. The Morgan fingerprint density at radius 3 is 2.48 bits per heavy atom. The van der Waals surface area contributed by atoms with Crippen molar-refractivity contribution in [3.05, 3.63) is 29.6 Å². The van der Waals surface area contributed by atoms with Crippen LogP contribution in [0.15, 0.2) is 18.2 Å². The molecular formula is C16H19FO8. The van der Waals surface area contributed by atoms with Crippen LogP contribution in [0.5, 0.6) is 5.75 Å².